The zero-order valence-electron chi connectivity index (χ0n) is 17.3. The number of carbonyl (C=O) groups is 1. The Kier molecular flexibility index (Phi) is 5.56. The zero-order chi connectivity index (χ0) is 21.8. The first-order chi connectivity index (χ1) is 15.8. The molecule has 5 aromatic rings. The highest BCUT2D eigenvalue weighted by Crippen LogP contribution is 2.18. The number of hydrogen-bond acceptors (Lipinski definition) is 2. The topological polar surface area (TPSA) is 36.9 Å². The molecule has 0 aliphatic rings. The van der Waals surface area contributed by atoms with Crippen molar-refractivity contribution in [3.63, 3.8) is 0 Å². The summed E-state index contributed by atoms with van der Waals surface area (Å²) >= 11 is 1.43. The Bertz CT molecular complexity index is 1330. The summed E-state index contributed by atoms with van der Waals surface area (Å²) in [5.74, 6) is -0.0886. The summed E-state index contributed by atoms with van der Waals surface area (Å²) in [6.45, 7) is 0. The van der Waals surface area contributed by atoms with E-state index in [0.717, 1.165) is 28.2 Å². The van der Waals surface area contributed by atoms with Gasteiger partial charge >= 0.3 is 0 Å². The number of amides is 1. The van der Waals surface area contributed by atoms with Crippen LogP contribution in [0, 0.1) is 0 Å². The number of para-hydroxylation sites is 1. The second-order valence-corrected chi connectivity index (χ2v) is 8.25. The Morgan fingerprint density at radius 2 is 1.28 bits per heavy atom. The van der Waals surface area contributed by atoms with Crippen LogP contribution in [-0.4, -0.2) is 5.91 Å². The fourth-order valence-electron chi connectivity index (χ4n) is 3.53. The van der Waals surface area contributed by atoms with E-state index in [-0.39, 0.29) is 5.91 Å². The van der Waals surface area contributed by atoms with Crippen LogP contribution in [0.2, 0.25) is 0 Å². The summed E-state index contributed by atoms with van der Waals surface area (Å²) in [5, 5.41) is 4.87. The largest absolute Gasteiger partial charge is 0.321 e. The molecule has 5 rings (SSSR count). The normalized spacial score (nSPS) is 10.6. The van der Waals surface area contributed by atoms with Crippen LogP contribution < -0.4 is 14.5 Å². The molecule has 0 aliphatic heterocycles. The number of nitrogens with one attached hydrogen (secondary N) is 1. The minimum atomic E-state index is -0.0886. The van der Waals surface area contributed by atoms with E-state index in [9.17, 15) is 4.79 Å². The van der Waals surface area contributed by atoms with Crippen molar-refractivity contribution in [1.82, 2.24) is 0 Å². The molecule has 0 radical (unpaired) electrons. The molecule has 0 saturated heterocycles. The zero-order valence-corrected chi connectivity index (χ0v) is 18.1. The van der Waals surface area contributed by atoms with Gasteiger partial charge in [-0.2, -0.15) is 9.13 Å². The summed E-state index contributed by atoms with van der Waals surface area (Å²) in [6, 6.07) is 30.2. The number of benzene rings is 2. The van der Waals surface area contributed by atoms with Crippen LogP contribution in [0.5, 0.6) is 0 Å². The van der Waals surface area contributed by atoms with E-state index in [2.05, 4.69) is 58.7 Å². The van der Waals surface area contributed by atoms with Gasteiger partial charge in [0.25, 0.3) is 5.91 Å². The lowest BCUT2D eigenvalue weighted by Gasteiger charge is -2.05. The molecule has 0 spiro atoms. The van der Waals surface area contributed by atoms with Gasteiger partial charge in [0.2, 0.25) is 11.4 Å². The van der Waals surface area contributed by atoms with Gasteiger partial charge in [0.15, 0.2) is 24.8 Å². The maximum Gasteiger partial charge on any atom is 0.265 e. The van der Waals surface area contributed by atoms with Crippen LogP contribution in [0.15, 0.2) is 121 Å². The lowest BCUT2D eigenvalue weighted by molar-refractivity contribution is -0.596. The molecule has 0 saturated carbocycles. The van der Waals surface area contributed by atoms with Gasteiger partial charge in [0, 0.05) is 54.2 Å². The predicted molar refractivity (Wildman–Crippen MR) is 127 cm³/mol. The first kappa shape index (κ1) is 19.8. The third-order valence-electron chi connectivity index (χ3n) is 5.19. The Morgan fingerprint density at radius 3 is 1.91 bits per heavy atom. The lowest BCUT2D eigenvalue weighted by Crippen LogP contribution is -2.29. The quantitative estimate of drug-likeness (QED) is 0.378. The molecule has 0 unspecified atom stereocenters. The summed E-state index contributed by atoms with van der Waals surface area (Å²) in [7, 11) is 0. The lowest BCUT2D eigenvalue weighted by atomic mass is 10.1. The van der Waals surface area contributed by atoms with E-state index in [4.69, 9.17) is 0 Å². The first-order valence-corrected chi connectivity index (χ1v) is 11.2. The molecule has 0 atom stereocenters. The molecule has 1 amide bonds. The van der Waals surface area contributed by atoms with Gasteiger partial charge < -0.3 is 5.32 Å². The monoisotopic (exact) mass is 435 g/mol. The van der Waals surface area contributed by atoms with Gasteiger partial charge in [-0.05, 0) is 28.6 Å². The van der Waals surface area contributed by atoms with Gasteiger partial charge in [-0.3, -0.25) is 4.79 Å². The molecule has 0 bridgehead atoms. The molecular formula is C27H21N3OS+2. The van der Waals surface area contributed by atoms with E-state index in [0.29, 0.717) is 4.88 Å². The molecule has 1 N–H and O–H groups in total. The SMILES string of the molecule is O=C(Nc1cccc(-[n+]2ccc(-c3cc[n+](-c4ccccc4)cc3)cc2)c1)c1cccs1. The first-order valence-electron chi connectivity index (χ1n) is 10.3. The van der Waals surface area contributed by atoms with E-state index in [1.54, 1.807) is 0 Å². The van der Waals surface area contributed by atoms with Crippen LogP contribution in [0.3, 0.4) is 0 Å². The molecule has 4 nitrogen and oxygen atoms in total. The minimum Gasteiger partial charge on any atom is -0.321 e. The van der Waals surface area contributed by atoms with Crippen LogP contribution in [0.1, 0.15) is 9.67 Å². The average Bonchev–Trinajstić information content (AvgIpc) is 3.41. The van der Waals surface area contributed by atoms with Crippen LogP contribution in [-0.2, 0) is 0 Å². The fourth-order valence-corrected chi connectivity index (χ4v) is 4.15. The molecule has 32 heavy (non-hydrogen) atoms. The van der Waals surface area contributed by atoms with Crippen molar-refractivity contribution in [2.75, 3.05) is 5.32 Å². The summed E-state index contributed by atoms with van der Waals surface area (Å²) in [6.07, 6.45) is 8.22. The number of rotatable bonds is 5. The van der Waals surface area contributed by atoms with Crippen molar-refractivity contribution < 1.29 is 13.9 Å². The summed E-state index contributed by atoms with van der Waals surface area (Å²) in [4.78, 5) is 13.0. The smallest absolute Gasteiger partial charge is 0.265 e. The molecular weight excluding hydrogens is 414 g/mol. The summed E-state index contributed by atoms with van der Waals surface area (Å²) < 4.78 is 4.14. The minimum absolute atomic E-state index is 0.0886. The van der Waals surface area contributed by atoms with E-state index < -0.39 is 0 Å². The Labute approximate surface area is 190 Å². The number of thiophene rings is 1. The maximum absolute atomic E-state index is 12.3. The van der Waals surface area contributed by atoms with Gasteiger partial charge in [0.1, 0.15) is 0 Å². The Hall–Kier alpha value is -4.09. The van der Waals surface area contributed by atoms with E-state index in [1.807, 2.05) is 76.9 Å². The van der Waals surface area contributed by atoms with Crippen molar-refractivity contribution >= 4 is 22.9 Å². The molecule has 0 fully saturated rings. The molecule has 2 aromatic carbocycles. The van der Waals surface area contributed by atoms with Crippen molar-refractivity contribution in [3.8, 4) is 22.5 Å². The predicted octanol–water partition coefficient (Wildman–Crippen LogP) is 5.22. The van der Waals surface area contributed by atoms with Gasteiger partial charge in [-0.15, -0.1) is 11.3 Å². The third-order valence-corrected chi connectivity index (χ3v) is 6.06. The average molecular weight is 436 g/mol. The molecule has 5 heteroatoms. The number of nitrogens with zero attached hydrogens (tertiary/aromatic N) is 2. The van der Waals surface area contributed by atoms with Gasteiger partial charge in [-0.1, -0.05) is 30.3 Å². The molecule has 3 aromatic heterocycles. The van der Waals surface area contributed by atoms with Gasteiger partial charge in [0.05, 0.1) is 4.88 Å². The van der Waals surface area contributed by atoms with Crippen LogP contribution in [0.25, 0.3) is 22.5 Å². The standard InChI is InChI=1S/C27H20N3OS/c31-27(26-10-5-19-32-26)28-23-6-4-9-25(20-23)30-17-13-22(14-18-30)21-11-15-29(16-12-21)24-7-2-1-3-8-24/h1-20H/q+1/p+1. The van der Waals surface area contributed by atoms with Crippen molar-refractivity contribution in [1.29, 1.82) is 0 Å². The second kappa shape index (κ2) is 8.96. The molecule has 3 heterocycles. The maximum atomic E-state index is 12.3. The van der Waals surface area contributed by atoms with Crippen molar-refractivity contribution in [3.05, 3.63) is 126 Å². The van der Waals surface area contributed by atoms with E-state index >= 15 is 0 Å². The number of aromatic nitrogens is 2. The Balaban J connectivity index is 1.33. The number of anilines is 1. The second-order valence-electron chi connectivity index (χ2n) is 7.31. The Morgan fingerprint density at radius 1 is 0.656 bits per heavy atom. The van der Waals surface area contributed by atoms with Gasteiger partial charge in [-0.25, -0.2) is 0 Å². The van der Waals surface area contributed by atoms with Crippen LogP contribution >= 0.6 is 11.3 Å². The van der Waals surface area contributed by atoms with Crippen molar-refractivity contribution in [2.24, 2.45) is 0 Å². The highest BCUT2D eigenvalue weighted by Gasteiger charge is 2.12. The number of pyridine rings is 2. The summed E-state index contributed by atoms with van der Waals surface area (Å²) in [5.41, 5.74) is 5.18. The number of carbonyl (C=O) groups excluding carboxylic acids is 1. The third kappa shape index (κ3) is 4.33. The highest BCUT2D eigenvalue weighted by molar-refractivity contribution is 7.12. The highest BCUT2D eigenvalue weighted by atomic mass is 32.1. The molecule has 0 aliphatic carbocycles. The van der Waals surface area contributed by atoms with Crippen LogP contribution in [0.4, 0.5) is 5.69 Å². The van der Waals surface area contributed by atoms with E-state index in [1.165, 1.54) is 11.3 Å². The van der Waals surface area contributed by atoms with Crippen molar-refractivity contribution in [2.45, 2.75) is 0 Å². The fraction of sp³-hybridized carbons (Fsp3) is 0. The molecule has 154 valence electrons. The number of hydrogen-bond donors (Lipinski definition) is 1.